The van der Waals surface area contributed by atoms with Gasteiger partial charge in [-0.1, -0.05) is 68.4 Å². The summed E-state index contributed by atoms with van der Waals surface area (Å²) >= 11 is 0. The van der Waals surface area contributed by atoms with E-state index in [0.29, 0.717) is 6.42 Å². The Bertz CT molecular complexity index is 1270. The van der Waals surface area contributed by atoms with Gasteiger partial charge in [0.2, 0.25) is 0 Å². The molecular formula is C26H23NO. The van der Waals surface area contributed by atoms with E-state index in [4.69, 9.17) is 4.98 Å². The van der Waals surface area contributed by atoms with Crippen molar-refractivity contribution in [2.45, 2.75) is 33.6 Å². The van der Waals surface area contributed by atoms with Crippen molar-refractivity contribution in [3.8, 4) is 11.1 Å². The first-order chi connectivity index (χ1) is 13.4. The van der Waals surface area contributed by atoms with Crippen LogP contribution in [0, 0.1) is 12.3 Å². The fourth-order valence-electron chi connectivity index (χ4n) is 4.68. The molecule has 1 aromatic heterocycles. The molecule has 0 unspecified atom stereocenters. The van der Waals surface area contributed by atoms with Crippen LogP contribution in [0.4, 0.5) is 0 Å². The van der Waals surface area contributed by atoms with Gasteiger partial charge in [0, 0.05) is 22.9 Å². The summed E-state index contributed by atoms with van der Waals surface area (Å²) in [7, 11) is 0. The van der Waals surface area contributed by atoms with Gasteiger partial charge < -0.3 is 0 Å². The molecular weight excluding hydrogens is 342 g/mol. The number of benzene rings is 3. The number of rotatable bonds is 1. The minimum Gasteiger partial charge on any atom is -0.294 e. The second-order valence-electron chi connectivity index (χ2n) is 8.75. The van der Waals surface area contributed by atoms with Crippen molar-refractivity contribution in [2.24, 2.45) is 5.41 Å². The van der Waals surface area contributed by atoms with Gasteiger partial charge in [-0.05, 0) is 46.7 Å². The van der Waals surface area contributed by atoms with Gasteiger partial charge in [-0.25, -0.2) is 0 Å². The van der Waals surface area contributed by atoms with Gasteiger partial charge in [-0.15, -0.1) is 0 Å². The molecule has 138 valence electrons. The van der Waals surface area contributed by atoms with Crippen molar-refractivity contribution in [1.82, 2.24) is 4.98 Å². The van der Waals surface area contributed by atoms with Gasteiger partial charge in [0.15, 0.2) is 5.78 Å². The van der Waals surface area contributed by atoms with E-state index in [-0.39, 0.29) is 11.2 Å². The minimum absolute atomic E-state index is 0.0510. The highest BCUT2D eigenvalue weighted by atomic mass is 16.1. The second-order valence-corrected chi connectivity index (χ2v) is 8.75. The first-order valence-electron chi connectivity index (χ1n) is 9.88. The lowest BCUT2D eigenvalue weighted by Crippen LogP contribution is -2.28. The Labute approximate surface area is 165 Å². The van der Waals surface area contributed by atoms with E-state index in [1.807, 2.05) is 0 Å². The van der Waals surface area contributed by atoms with Crippen LogP contribution in [0.2, 0.25) is 0 Å². The Balaban J connectivity index is 2.01. The predicted octanol–water partition coefficient (Wildman–Crippen LogP) is 6.52. The van der Waals surface area contributed by atoms with Crippen molar-refractivity contribution in [1.29, 1.82) is 0 Å². The maximum absolute atomic E-state index is 13.3. The average molecular weight is 365 g/mol. The monoisotopic (exact) mass is 365 g/mol. The summed E-state index contributed by atoms with van der Waals surface area (Å²) in [4.78, 5) is 18.4. The number of hydrogen-bond acceptors (Lipinski definition) is 2. The average Bonchev–Trinajstić information content (AvgIpc) is 2.65. The summed E-state index contributed by atoms with van der Waals surface area (Å²) in [5.41, 5.74) is 6.08. The molecule has 3 aromatic carbocycles. The van der Waals surface area contributed by atoms with Crippen LogP contribution in [0.1, 0.15) is 41.9 Å². The molecule has 5 rings (SSSR count). The number of ketones is 1. The summed E-state index contributed by atoms with van der Waals surface area (Å²) in [6.45, 7) is 6.44. The maximum atomic E-state index is 13.3. The van der Waals surface area contributed by atoms with Crippen LogP contribution in [0.15, 0.2) is 60.7 Å². The molecule has 2 heteroatoms. The maximum Gasteiger partial charge on any atom is 0.165 e. The number of hydrogen-bond donors (Lipinski definition) is 0. The standard InChI is InChI=1S/C26H23NO/c1-16-8-4-6-10-18(16)24-23-19-11-7-5-9-17(19)12-13-20(23)27-21-14-26(2,3)15-22(28)25(21)24/h4-13H,14-15H2,1-3H3. The molecule has 0 radical (unpaired) electrons. The molecule has 28 heavy (non-hydrogen) atoms. The normalized spacial score (nSPS) is 15.8. The zero-order valence-electron chi connectivity index (χ0n) is 16.5. The lowest BCUT2D eigenvalue weighted by atomic mass is 9.73. The van der Waals surface area contributed by atoms with Gasteiger partial charge >= 0.3 is 0 Å². The van der Waals surface area contributed by atoms with Gasteiger partial charge in [0.1, 0.15) is 0 Å². The van der Waals surface area contributed by atoms with Crippen molar-refractivity contribution in [2.75, 3.05) is 0 Å². The summed E-state index contributed by atoms with van der Waals surface area (Å²) in [6, 6.07) is 21.0. The van der Waals surface area contributed by atoms with Crippen molar-refractivity contribution in [3.05, 3.63) is 77.5 Å². The fraction of sp³-hybridized carbons (Fsp3) is 0.231. The highest BCUT2D eigenvalue weighted by Gasteiger charge is 2.35. The number of aryl methyl sites for hydroxylation is 1. The Morgan fingerprint density at radius 3 is 2.43 bits per heavy atom. The van der Waals surface area contributed by atoms with Crippen molar-refractivity contribution >= 4 is 27.5 Å². The molecule has 0 N–H and O–H groups in total. The van der Waals surface area contributed by atoms with Crippen LogP contribution in [-0.2, 0) is 6.42 Å². The van der Waals surface area contributed by atoms with E-state index >= 15 is 0 Å². The van der Waals surface area contributed by atoms with Crippen molar-refractivity contribution in [3.63, 3.8) is 0 Å². The van der Waals surface area contributed by atoms with Gasteiger partial charge in [0.25, 0.3) is 0 Å². The van der Waals surface area contributed by atoms with Crippen LogP contribution in [0.5, 0.6) is 0 Å². The number of carbonyl (C=O) groups excluding carboxylic acids is 1. The molecule has 1 heterocycles. The molecule has 1 aliphatic carbocycles. The summed E-state index contributed by atoms with van der Waals surface area (Å²) in [6.07, 6.45) is 1.40. The van der Waals surface area contributed by atoms with Crippen LogP contribution in [0.25, 0.3) is 32.8 Å². The first-order valence-corrected chi connectivity index (χ1v) is 9.88. The number of aromatic nitrogens is 1. The first kappa shape index (κ1) is 17.1. The molecule has 0 saturated carbocycles. The van der Waals surface area contributed by atoms with Gasteiger partial charge in [-0.3, -0.25) is 9.78 Å². The Morgan fingerprint density at radius 2 is 1.61 bits per heavy atom. The van der Waals surface area contributed by atoms with Crippen LogP contribution < -0.4 is 0 Å². The lowest BCUT2D eigenvalue weighted by Gasteiger charge is -2.31. The molecule has 0 amide bonds. The van der Waals surface area contributed by atoms with Crippen LogP contribution in [-0.4, -0.2) is 10.8 Å². The molecule has 2 nitrogen and oxygen atoms in total. The third-order valence-corrected chi connectivity index (χ3v) is 5.93. The highest BCUT2D eigenvalue weighted by molar-refractivity contribution is 6.19. The highest BCUT2D eigenvalue weighted by Crippen LogP contribution is 2.44. The SMILES string of the molecule is Cc1ccccc1-c1c2c(nc3ccc4ccccc4c13)CC(C)(C)CC2=O. The van der Waals surface area contributed by atoms with Crippen LogP contribution in [0.3, 0.4) is 0 Å². The molecule has 0 aliphatic heterocycles. The summed E-state index contributed by atoms with van der Waals surface area (Å²) in [5, 5.41) is 3.43. The Kier molecular flexibility index (Phi) is 3.67. The van der Waals surface area contributed by atoms with Crippen LogP contribution >= 0.6 is 0 Å². The minimum atomic E-state index is -0.0510. The summed E-state index contributed by atoms with van der Waals surface area (Å²) in [5.74, 6) is 0.215. The van der Waals surface area contributed by atoms with E-state index in [1.54, 1.807) is 0 Å². The molecule has 1 aliphatic rings. The van der Waals surface area contributed by atoms with E-state index in [2.05, 4.69) is 81.4 Å². The lowest BCUT2D eigenvalue weighted by molar-refractivity contribution is 0.0911. The zero-order chi connectivity index (χ0) is 19.5. The predicted molar refractivity (Wildman–Crippen MR) is 116 cm³/mol. The number of Topliss-reactive ketones (excluding diaryl/α,β-unsaturated/α-hetero) is 1. The summed E-state index contributed by atoms with van der Waals surface area (Å²) < 4.78 is 0. The number of pyridine rings is 1. The van der Waals surface area contributed by atoms with E-state index in [1.165, 1.54) is 10.9 Å². The number of carbonyl (C=O) groups is 1. The van der Waals surface area contributed by atoms with E-state index in [0.717, 1.165) is 45.1 Å². The van der Waals surface area contributed by atoms with E-state index < -0.39 is 0 Å². The largest absolute Gasteiger partial charge is 0.294 e. The Hall–Kier alpha value is -3.00. The fourth-order valence-corrected chi connectivity index (χ4v) is 4.68. The van der Waals surface area contributed by atoms with Gasteiger partial charge in [-0.2, -0.15) is 0 Å². The number of nitrogens with zero attached hydrogens (tertiary/aromatic N) is 1. The molecule has 0 saturated heterocycles. The number of fused-ring (bicyclic) bond motifs is 4. The molecule has 0 bridgehead atoms. The van der Waals surface area contributed by atoms with E-state index in [9.17, 15) is 4.79 Å². The van der Waals surface area contributed by atoms with Crippen molar-refractivity contribution < 1.29 is 4.79 Å². The smallest absolute Gasteiger partial charge is 0.165 e. The molecule has 0 atom stereocenters. The quantitative estimate of drug-likeness (QED) is 0.359. The molecule has 0 spiro atoms. The topological polar surface area (TPSA) is 30.0 Å². The third kappa shape index (κ3) is 2.56. The molecule has 4 aromatic rings. The second kappa shape index (κ2) is 6.00. The Morgan fingerprint density at radius 1 is 0.857 bits per heavy atom. The third-order valence-electron chi connectivity index (χ3n) is 5.93. The molecule has 0 fully saturated rings. The zero-order valence-corrected chi connectivity index (χ0v) is 16.5. The van der Waals surface area contributed by atoms with Gasteiger partial charge in [0.05, 0.1) is 11.2 Å².